The summed E-state index contributed by atoms with van der Waals surface area (Å²) in [5, 5.41) is 8.33. The molecule has 7 heteroatoms. The molecule has 0 aliphatic rings. The highest BCUT2D eigenvalue weighted by molar-refractivity contribution is 7.09. The summed E-state index contributed by atoms with van der Waals surface area (Å²) >= 11 is 1.56. The Bertz CT molecular complexity index is 926. The topological polar surface area (TPSA) is 71.1 Å². The Hall–Kier alpha value is -3.06. The van der Waals surface area contributed by atoms with Crippen LogP contribution in [0.25, 0.3) is 0 Å². The monoisotopic (exact) mass is 397 g/mol. The van der Waals surface area contributed by atoms with Crippen LogP contribution in [0.1, 0.15) is 29.1 Å². The minimum Gasteiger partial charge on any atom is -0.350 e. The smallest absolute Gasteiger partial charge is 0.224 e. The molecule has 0 unspecified atom stereocenters. The number of aromatic nitrogens is 1. The first-order valence-corrected chi connectivity index (χ1v) is 9.76. The Morgan fingerprint density at radius 2 is 1.68 bits per heavy atom. The average Bonchev–Trinajstić information content (AvgIpc) is 3.15. The summed E-state index contributed by atoms with van der Waals surface area (Å²) < 4.78 is 12.8. The van der Waals surface area contributed by atoms with Crippen LogP contribution < -0.4 is 10.6 Å². The third-order valence-electron chi connectivity index (χ3n) is 3.97. The van der Waals surface area contributed by atoms with Crippen LogP contribution in [0.2, 0.25) is 0 Å². The van der Waals surface area contributed by atoms with E-state index >= 15 is 0 Å². The van der Waals surface area contributed by atoms with E-state index in [2.05, 4.69) is 27.8 Å². The zero-order valence-electron chi connectivity index (χ0n) is 15.2. The molecule has 0 aliphatic heterocycles. The first kappa shape index (κ1) is 19.7. The van der Waals surface area contributed by atoms with Crippen molar-refractivity contribution >= 4 is 28.8 Å². The van der Waals surface area contributed by atoms with E-state index in [0.29, 0.717) is 12.2 Å². The van der Waals surface area contributed by atoms with E-state index < -0.39 is 0 Å². The lowest BCUT2D eigenvalue weighted by Crippen LogP contribution is -2.24. The molecular weight excluding hydrogens is 377 g/mol. The third kappa shape index (κ3) is 6.28. The molecule has 0 aliphatic carbocycles. The predicted molar refractivity (Wildman–Crippen MR) is 107 cm³/mol. The number of halogens is 1. The molecular formula is C21H20FN3O2S. The summed E-state index contributed by atoms with van der Waals surface area (Å²) in [6, 6.07) is 15.6. The molecule has 2 amide bonds. The van der Waals surface area contributed by atoms with Gasteiger partial charge in [-0.05, 0) is 29.8 Å². The highest BCUT2D eigenvalue weighted by Gasteiger charge is 2.09. The molecule has 28 heavy (non-hydrogen) atoms. The van der Waals surface area contributed by atoms with Gasteiger partial charge in [0, 0.05) is 30.3 Å². The maximum atomic E-state index is 12.8. The van der Waals surface area contributed by atoms with Gasteiger partial charge in [0.1, 0.15) is 5.82 Å². The number of carbonyl (C=O) groups excluding carboxylic acids is 2. The van der Waals surface area contributed by atoms with Crippen LogP contribution in [0, 0.1) is 5.82 Å². The number of hydrogen-bond acceptors (Lipinski definition) is 4. The number of nitrogens with one attached hydrogen (secondary N) is 2. The molecule has 0 saturated heterocycles. The number of thiazole rings is 1. The van der Waals surface area contributed by atoms with Crippen LogP contribution in [-0.4, -0.2) is 16.8 Å². The molecule has 0 fully saturated rings. The van der Waals surface area contributed by atoms with E-state index in [0.717, 1.165) is 17.1 Å². The number of rotatable bonds is 8. The van der Waals surface area contributed by atoms with Crippen LogP contribution in [0.5, 0.6) is 0 Å². The van der Waals surface area contributed by atoms with Crippen molar-refractivity contribution in [1.82, 2.24) is 10.3 Å². The Labute approximate surface area is 166 Å². The van der Waals surface area contributed by atoms with Crippen molar-refractivity contribution < 1.29 is 14.0 Å². The van der Waals surface area contributed by atoms with Gasteiger partial charge in [0.2, 0.25) is 11.8 Å². The molecule has 3 aromatic rings. The lowest BCUT2D eigenvalue weighted by atomic mass is 10.2. The van der Waals surface area contributed by atoms with Crippen LogP contribution in [0.4, 0.5) is 10.1 Å². The van der Waals surface area contributed by atoms with E-state index in [1.54, 1.807) is 11.3 Å². The molecule has 1 aromatic heterocycles. The summed E-state index contributed by atoms with van der Waals surface area (Å²) in [5.41, 5.74) is 2.50. The van der Waals surface area contributed by atoms with Gasteiger partial charge in [-0.3, -0.25) is 9.59 Å². The average molecular weight is 397 g/mol. The van der Waals surface area contributed by atoms with Crippen molar-refractivity contribution in [2.24, 2.45) is 0 Å². The fraction of sp³-hybridized carbons (Fsp3) is 0.190. The summed E-state index contributed by atoms with van der Waals surface area (Å²) in [5.74, 6) is -0.876. The summed E-state index contributed by atoms with van der Waals surface area (Å²) in [6.07, 6.45) is 0.899. The maximum absolute atomic E-state index is 12.8. The molecule has 2 N–H and O–H groups in total. The molecule has 0 atom stereocenters. The van der Waals surface area contributed by atoms with E-state index in [1.165, 1.54) is 29.8 Å². The third-order valence-corrected chi connectivity index (χ3v) is 4.87. The van der Waals surface area contributed by atoms with Gasteiger partial charge >= 0.3 is 0 Å². The fourth-order valence-corrected chi connectivity index (χ4v) is 3.37. The predicted octanol–water partition coefficient (Wildman–Crippen LogP) is 3.91. The van der Waals surface area contributed by atoms with E-state index in [-0.39, 0.29) is 30.5 Å². The fourth-order valence-electron chi connectivity index (χ4n) is 2.54. The second kappa shape index (κ2) is 9.75. The van der Waals surface area contributed by atoms with Gasteiger partial charge in [0.25, 0.3) is 0 Å². The molecule has 0 spiro atoms. The molecule has 2 aromatic carbocycles. The molecule has 3 rings (SSSR count). The minimum atomic E-state index is -0.369. The van der Waals surface area contributed by atoms with Crippen molar-refractivity contribution in [2.75, 3.05) is 5.32 Å². The highest BCUT2D eigenvalue weighted by atomic mass is 32.1. The van der Waals surface area contributed by atoms with Gasteiger partial charge in [0.05, 0.1) is 17.2 Å². The van der Waals surface area contributed by atoms with Crippen molar-refractivity contribution in [3.63, 3.8) is 0 Å². The molecule has 0 bridgehead atoms. The summed E-state index contributed by atoms with van der Waals surface area (Å²) in [6.45, 7) is 0.337. The SMILES string of the molecule is O=C(CCC(=O)Nc1ccc(F)cc1)NCc1csc(Cc2ccccc2)n1. The molecule has 5 nitrogen and oxygen atoms in total. The van der Waals surface area contributed by atoms with Crippen molar-refractivity contribution in [3.8, 4) is 0 Å². The normalized spacial score (nSPS) is 10.5. The van der Waals surface area contributed by atoms with Crippen LogP contribution in [0.15, 0.2) is 60.0 Å². The zero-order chi connectivity index (χ0) is 19.8. The number of carbonyl (C=O) groups is 2. The second-order valence-electron chi connectivity index (χ2n) is 6.23. The zero-order valence-corrected chi connectivity index (χ0v) is 16.0. The van der Waals surface area contributed by atoms with Crippen LogP contribution >= 0.6 is 11.3 Å². The van der Waals surface area contributed by atoms with E-state index in [9.17, 15) is 14.0 Å². The van der Waals surface area contributed by atoms with Gasteiger partial charge in [-0.25, -0.2) is 9.37 Å². The molecule has 1 heterocycles. The number of amides is 2. The van der Waals surface area contributed by atoms with E-state index in [1.807, 2.05) is 23.6 Å². The summed E-state index contributed by atoms with van der Waals surface area (Å²) in [7, 11) is 0. The van der Waals surface area contributed by atoms with Gasteiger partial charge < -0.3 is 10.6 Å². The quantitative estimate of drug-likeness (QED) is 0.605. The Kier molecular flexibility index (Phi) is 6.86. The van der Waals surface area contributed by atoms with Crippen molar-refractivity contribution in [2.45, 2.75) is 25.8 Å². The molecule has 0 radical (unpaired) electrons. The summed E-state index contributed by atoms with van der Waals surface area (Å²) in [4.78, 5) is 28.3. The second-order valence-corrected chi connectivity index (χ2v) is 7.17. The van der Waals surface area contributed by atoms with Crippen molar-refractivity contribution in [3.05, 3.63) is 82.1 Å². The maximum Gasteiger partial charge on any atom is 0.224 e. The van der Waals surface area contributed by atoms with Gasteiger partial charge in [-0.15, -0.1) is 11.3 Å². The van der Waals surface area contributed by atoms with Crippen LogP contribution in [0.3, 0.4) is 0 Å². The number of hydrogen-bond donors (Lipinski definition) is 2. The Morgan fingerprint density at radius 1 is 0.964 bits per heavy atom. The molecule has 144 valence electrons. The lowest BCUT2D eigenvalue weighted by molar-refractivity contribution is -0.124. The van der Waals surface area contributed by atoms with Crippen LogP contribution in [-0.2, 0) is 22.6 Å². The Balaban J connectivity index is 1.38. The van der Waals surface area contributed by atoms with E-state index in [4.69, 9.17) is 0 Å². The number of benzene rings is 2. The van der Waals surface area contributed by atoms with Crippen molar-refractivity contribution in [1.29, 1.82) is 0 Å². The van der Waals surface area contributed by atoms with Gasteiger partial charge in [0.15, 0.2) is 0 Å². The Morgan fingerprint density at radius 3 is 2.43 bits per heavy atom. The highest BCUT2D eigenvalue weighted by Crippen LogP contribution is 2.15. The first-order chi connectivity index (χ1) is 13.6. The molecule has 0 saturated carbocycles. The lowest BCUT2D eigenvalue weighted by Gasteiger charge is -2.06. The van der Waals surface area contributed by atoms with Gasteiger partial charge in [-0.2, -0.15) is 0 Å². The number of nitrogens with zero attached hydrogens (tertiary/aromatic N) is 1. The first-order valence-electron chi connectivity index (χ1n) is 8.88. The standard InChI is InChI=1S/C21H20FN3O2S/c22-16-6-8-17(9-7-16)24-20(27)11-10-19(26)23-13-18-14-28-21(25-18)12-15-4-2-1-3-5-15/h1-9,14H,10-13H2,(H,23,26)(H,24,27). The largest absolute Gasteiger partial charge is 0.350 e. The van der Waals surface area contributed by atoms with Gasteiger partial charge in [-0.1, -0.05) is 30.3 Å². The minimum absolute atomic E-state index is 0.0551. The number of anilines is 1.